The molecule has 2 rings (SSSR count). The highest BCUT2D eigenvalue weighted by Crippen LogP contribution is 2.20. The Bertz CT molecular complexity index is 419. The smallest absolute Gasteiger partial charge is 0.137 e. The molecular formula is C13H17N3O. The zero-order chi connectivity index (χ0) is 12.1. The average molecular weight is 231 g/mol. The second-order valence-electron chi connectivity index (χ2n) is 4.26. The van der Waals surface area contributed by atoms with Crippen LogP contribution in [0.25, 0.3) is 0 Å². The van der Waals surface area contributed by atoms with Gasteiger partial charge in [-0.05, 0) is 44.1 Å². The maximum absolute atomic E-state index is 8.96. The summed E-state index contributed by atoms with van der Waals surface area (Å²) >= 11 is 0. The Morgan fingerprint density at radius 2 is 2.12 bits per heavy atom. The lowest BCUT2D eigenvalue weighted by Gasteiger charge is -2.15. The van der Waals surface area contributed by atoms with Crippen molar-refractivity contribution >= 4 is 5.69 Å². The van der Waals surface area contributed by atoms with Crippen molar-refractivity contribution in [3.8, 4) is 11.8 Å². The number of nitrogens with zero attached hydrogens (tertiary/aromatic N) is 2. The Morgan fingerprint density at radius 3 is 2.82 bits per heavy atom. The molecule has 1 saturated heterocycles. The van der Waals surface area contributed by atoms with Crippen molar-refractivity contribution in [1.29, 1.82) is 5.26 Å². The molecule has 1 aromatic rings. The minimum atomic E-state index is 0.506. The maximum atomic E-state index is 8.96. The third kappa shape index (κ3) is 3.11. The van der Waals surface area contributed by atoms with Gasteiger partial charge in [0.15, 0.2) is 0 Å². The number of nitrogens with two attached hydrogens (primary N) is 1. The molecule has 1 aliphatic heterocycles. The van der Waals surface area contributed by atoms with Crippen molar-refractivity contribution in [2.24, 2.45) is 0 Å². The molecule has 0 spiro atoms. The third-order valence-electron chi connectivity index (χ3n) is 2.99. The predicted molar refractivity (Wildman–Crippen MR) is 66.7 cm³/mol. The summed E-state index contributed by atoms with van der Waals surface area (Å²) < 4.78 is 5.63. The number of anilines is 1. The van der Waals surface area contributed by atoms with Gasteiger partial charge in [-0.15, -0.1) is 0 Å². The van der Waals surface area contributed by atoms with Gasteiger partial charge in [-0.25, -0.2) is 0 Å². The van der Waals surface area contributed by atoms with Crippen LogP contribution in [-0.4, -0.2) is 31.1 Å². The summed E-state index contributed by atoms with van der Waals surface area (Å²) in [5.74, 6) is 0.626. The van der Waals surface area contributed by atoms with Gasteiger partial charge in [-0.3, -0.25) is 4.90 Å². The van der Waals surface area contributed by atoms with Crippen LogP contribution in [0.1, 0.15) is 18.4 Å². The lowest BCUT2D eigenvalue weighted by molar-refractivity contribution is 0.237. The first-order chi connectivity index (χ1) is 8.29. The zero-order valence-electron chi connectivity index (χ0n) is 9.85. The van der Waals surface area contributed by atoms with Gasteiger partial charge in [0.05, 0.1) is 5.56 Å². The van der Waals surface area contributed by atoms with E-state index in [1.54, 1.807) is 18.2 Å². The molecule has 2 N–H and O–H groups in total. The van der Waals surface area contributed by atoms with Crippen LogP contribution < -0.4 is 10.5 Å². The first-order valence-electron chi connectivity index (χ1n) is 5.94. The quantitative estimate of drug-likeness (QED) is 0.800. The number of nitrogen functional groups attached to an aromatic ring is 1. The molecule has 17 heavy (non-hydrogen) atoms. The lowest BCUT2D eigenvalue weighted by atomic mass is 10.2. The van der Waals surface area contributed by atoms with Crippen molar-refractivity contribution in [3.05, 3.63) is 23.8 Å². The van der Waals surface area contributed by atoms with E-state index in [1.807, 2.05) is 0 Å². The molecule has 0 amide bonds. The van der Waals surface area contributed by atoms with Gasteiger partial charge in [0.1, 0.15) is 18.4 Å². The molecule has 90 valence electrons. The molecule has 0 bridgehead atoms. The van der Waals surface area contributed by atoms with Crippen LogP contribution in [0.4, 0.5) is 5.69 Å². The molecule has 0 aromatic heterocycles. The van der Waals surface area contributed by atoms with Crippen molar-refractivity contribution in [2.75, 3.05) is 32.0 Å². The molecule has 4 heteroatoms. The molecule has 1 aliphatic rings. The van der Waals surface area contributed by atoms with E-state index < -0.39 is 0 Å². The standard InChI is InChI=1S/C13H17N3O/c14-10-11-9-12(15)3-4-13(11)17-8-7-16-5-1-2-6-16/h3-4,9H,1-2,5-8,15H2. The minimum absolute atomic E-state index is 0.506. The van der Waals surface area contributed by atoms with Crippen molar-refractivity contribution in [3.63, 3.8) is 0 Å². The zero-order valence-corrected chi connectivity index (χ0v) is 9.85. The molecule has 1 aromatic carbocycles. The fourth-order valence-corrected chi connectivity index (χ4v) is 2.05. The summed E-state index contributed by atoms with van der Waals surface area (Å²) in [7, 11) is 0. The van der Waals surface area contributed by atoms with Gasteiger partial charge in [0.2, 0.25) is 0 Å². The van der Waals surface area contributed by atoms with Crippen LogP contribution in [0.5, 0.6) is 5.75 Å². The van der Waals surface area contributed by atoms with Crippen LogP contribution in [0.2, 0.25) is 0 Å². The molecular weight excluding hydrogens is 214 g/mol. The largest absolute Gasteiger partial charge is 0.491 e. The molecule has 0 unspecified atom stereocenters. The highest BCUT2D eigenvalue weighted by atomic mass is 16.5. The van der Waals surface area contributed by atoms with Gasteiger partial charge in [0, 0.05) is 12.2 Å². The molecule has 4 nitrogen and oxygen atoms in total. The Kier molecular flexibility index (Phi) is 3.84. The highest BCUT2D eigenvalue weighted by molar-refractivity contribution is 5.53. The number of hydrogen-bond acceptors (Lipinski definition) is 4. The van der Waals surface area contributed by atoms with E-state index in [-0.39, 0.29) is 0 Å². The summed E-state index contributed by atoms with van der Waals surface area (Å²) in [6.45, 7) is 3.88. The second-order valence-corrected chi connectivity index (χ2v) is 4.26. The van der Waals surface area contributed by atoms with Gasteiger partial charge < -0.3 is 10.5 Å². The number of likely N-dealkylation sites (tertiary alicyclic amines) is 1. The van der Waals surface area contributed by atoms with Crippen molar-refractivity contribution in [1.82, 2.24) is 4.90 Å². The number of nitriles is 1. The Balaban J connectivity index is 1.88. The third-order valence-corrected chi connectivity index (χ3v) is 2.99. The fraction of sp³-hybridized carbons (Fsp3) is 0.462. The number of hydrogen-bond donors (Lipinski definition) is 1. The predicted octanol–water partition coefficient (Wildman–Crippen LogP) is 1.62. The topological polar surface area (TPSA) is 62.3 Å². The van der Waals surface area contributed by atoms with E-state index in [0.29, 0.717) is 23.6 Å². The Hall–Kier alpha value is -1.73. The van der Waals surface area contributed by atoms with Crippen molar-refractivity contribution in [2.45, 2.75) is 12.8 Å². The molecule has 1 fully saturated rings. The lowest BCUT2D eigenvalue weighted by Crippen LogP contribution is -2.25. The Morgan fingerprint density at radius 1 is 1.35 bits per heavy atom. The summed E-state index contributed by atoms with van der Waals surface area (Å²) in [4.78, 5) is 2.38. The van der Waals surface area contributed by atoms with Crippen molar-refractivity contribution < 1.29 is 4.74 Å². The molecule has 0 atom stereocenters. The van der Waals surface area contributed by atoms with Crippen LogP contribution >= 0.6 is 0 Å². The first kappa shape index (κ1) is 11.7. The normalized spacial score (nSPS) is 15.7. The molecule has 0 saturated carbocycles. The van der Waals surface area contributed by atoms with Crippen LogP contribution in [-0.2, 0) is 0 Å². The number of benzene rings is 1. The SMILES string of the molecule is N#Cc1cc(N)ccc1OCCN1CCCC1. The van der Waals surface area contributed by atoms with E-state index in [2.05, 4.69) is 11.0 Å². The first-order valence-corrected chi connectivity index (χ1v) is 5.94. The molecule has 1 heterocycles. The summed E-state index contributed by atoms with van der Waals surface area (Å²) in [6.07, 6.45) is 2.57. The summed E-state index contributed by atoms with van der Waals surface area (Å²) in [5, 5.41) is 8.96. The van der Waals surface area contributed by atoms with Gasteiger partial charge in [-0.1, -0.05) is 0 Å². The van der Waals surface area contributed by atoms with E-state index >= 15 is 0 Å². The monoisotopic (exact) mass is 231 g/mol. The summed E-state index contributed by atoms with van der Waals surface area (Å²) in [5.41, 5.74) is 6.71. The van der Waals surface area contributed by atoms with E-state index in [4.69, 9.17) is 15.7 Å². The number of rotatable bonds is 4. The van der Waals surface area contributed by atoms with Gasteiger partial charge in [-0.2, -0.15) is 5.26 Å². The van der Waals surface area contributed by atoms with Gasteiger partial charge >= 0.3 is 0 Å². The molecule has 0 aliphatic carbocycles. The Labute approximate surface area is 102 Å². The highest BCUT2D eigenvalue weighted by Gasteiger charge is 2.11. The summed E-state index contributed by atoms with van der Waals surface area (Å²) in [6, 6.07) is 7.26. The van der Waals surface area contributed by atoms with Gasteiger partial charge in [0.25, 0.3) is 0 Å². The second kappa shape index (κ2) is 5.55. The van der Waals surface area contributed by atoms with E-state index in [1.165, 1.54) is 12.8 Å². The minimum Gasteiger partial charge on any atom is -0.491 e. The maximum Gasteiger partial charge on any atom is 0.137 e. The number of ether oxygens (including phenoxy) is 1. The van der Waals surface area contributed by atoms with E-state index in [9.17, 15) is 0 Å². The van der Waals surface area contributed by atoms with Crippen LogP contribution in [0.15, 0.2) is 18.2 Å². The van der Waals surface area contributed by atoms with Crippen LogP contribution in [0, 0.1) is 11.3 Å². The molecule has 0 radical (unpaired) electrons. The average Bonchev–Trinajstić information content (AvgIpc) is 2.84. The van der Waals surface area contributed by atoms with E-state index in [0.717, 1.165) is 19.6 Å². The van der Waals surface area contributed by atoms with Crippen LogP contribution in [0.3, 0.4) is 0 Å². The fourth-order valence-electron chi connectivity index (χ4n) is 2.05.